The first-order chi connectivity index (χ1) is 11.0. The van der Waals surface area contributed by atoms with E-state index in [0.717, 1.165) is 6.42 Å². The minimum Gasteiger partial charge on any atom is -0.491 e. The van der Waals surface area contributed by atoms with Gasteiger partial charge in [-0.15, -0.1) is 0 Å². The fraction of sp³-hybridized carbons (Fsp3) is 0.235. The second-order valence-electron chi connectivity index (χ2n) is 5.12. The molecule has 0 aliphatic rings. The zero-order chi connectivity index (χ0) is 16.8. The molecule has 120 valence electrons. The van der Waals surface area contributed by atoms with Crippen LogP contribution in [0.3, 0.4) is 0 Å². The highest BCUT2D eigenvalue weighted by Crippen LogP contribution is 2.18. The minimum absolute atomic E-state index is 0.0189. The van der Waals surface area contributed by atoms with Gasteiger partial charge in [-0.2, -0.15) is 0 Å². The lowest BCUT2D eigenvalue weighted by Gasteiger charge is -2.12. The second kappa shape index (κ2) is 7.40. The largest absolute Gasteiger partial charge is 0.491 e. The maximum Gasteiger partial charge on any atom is 0.269 e. The Morgan fingerprint density at radius 3 is 2.30 bits per heavy atom. The van der Waals surface area contributed by atoms with Crippen LogP contribution in [0.2, 0.25) is 0 Å². The van der Waals surface area contributed by atoms with Crippen molar-refractivity contribution < 1.29 is 14.5 Å². The summed E-state index contributed by atoms with van der Waals surface area (Å²) < 4.78 is 5.66. The maximum absolute atomic E-state index is 12.1. The number of benzene rings is 2. The number of anilines is 1. The molecule has 0 spiro atoms. The van der Waals surface area contributed by atoms with E-state index >= 15 is 0 Å². The van der Waals surface area contributed by atoms with E-state index in [9.17, 15) is 14.9 Å². The van der Waals surface area contributed by atoms with Gasteiger partial charge in [0.05, 0.1) is 11.0 Å². The van der Waals surface area contributed by atoms with E-state index in [2.05, 4.69) is 5.32 Å². The number of carbonyl (C=O) groups excluding carboxylic acids is 1. The molecular formula is C17H18N2O4. The molecule has 23 heavy (non-hydrogen) atoms. The number of ether oxygens (including phenoxy) is 1. The van der Waals surface area contributed by atoms with Crippen LogP contribution in [0.5, 0.6) is 5.75 Å². The van der Waals surface area contributed by atoms with Crippen LogP contribution in [0.1, 0.15) is 30.6 Å². The standard InChI is InChI=1S/C17H18N2O4/c1-3-12(2)23-16-10-4-13(5-11-16)17(20)18-14-6-8-15(9-7-14)19(21)22/h4-12H,3H2,1-2H3,(H,18,20)/t12-/m0/s1. The molecule has 0 saturated carbocycles. The quantitative estimate of drug-likeness (QED) is 0.645. The van der Waals surface area contributed by atoms with Gasteiger partial charge in [-0.3, -0.25) is 14.9 Å². The van der Waals surface area contributed by atoms with Crippen molar-refractivity contribution in [1.29, 1.82) is 0 Å². The van der Waals surface area contributed by atoms with E-state index in [4.69, 9.17) is 4.74 Å². The first-order valence-electron chi connectivity index (χ1n) is 7.32. The first-order valence-corrected chi connectivity index (χ1v) is 7.32. The average molecular weight is 314 g/mol. The normalized spacial score (nSPS) is 11.6. The molecular weight excluding hydrogens is 296 g/mol. The summed E-state index contributed by atoms with van der Waals surface area (Å²) >= 11 is 0. The van der Waals surface area contributed by atoms with Gasteiger partial charge in [0.2, 0.25) is 0 Å². The summed E-state index contributed by atoms with van der Waals surface area (Å²) in [5, 5.41) is 13.3. The van der Waals surface area contributed by atoms with Crippen LogP contribution < -0.4 is 10.1 Å². The first kappa shape index (κ1) is 16.5. The monoisotopic (exact) mass is 314 g/mol. The number of nitrogens with one attached hydrogen (secondary N) is 1. The fourth-order valence-electron chi connectivity index (χ4n) is 1.87. The number of nitro groups is 1. The Balaban J connectivity index is 2.01. The maximum atomic E-state index is 12.1. The zero-order valence-electron chi connectivity index (χ0n) is 13.0. The number of non-ortho nitro benzene ring substituents is 1. The van der Waals surface area contributed by atoms with Crippen molar-refractivity contribution in [2.75, 3.05) is 5.32 Å². The Morgan fingerprint density at radius 2 is 1.78 bits per heavy atom. The molecule has 0 aromatic heterocycles. The van der Waals surface area contributed by atoms with Crippen LogP contribution in [-0.2, 0) is 0 Å². The van der Waals surface area contributed by atoms with E-state index in [1.807, 2.05) is 13.8 Å². The molecule has 6 heteroatoms. The van der Waals surface area contributed by atoms with Gasteiger partial charge < -0.3 is 10.1 Å². The van der Waals surface area contributed by atoms with Crippen molar-refractivity contribution in [2.24, 2.45) is 0 Å². The van der Waals surface area contributed by atoms with Crippen LogP contribution >= 0.6 is 0 Å². The predicted octanol–water partition coefficient (Wildman–Crippen LogP) is 4.02. The summed E-state index contributed by atoms with van der Waals surface area (Å²) in [4.78, 5) is 22.2. The van der Waals surface area contributed by atoms with Gasteiger partial charge >= 0.3 is 0 Å². The molecule has 0 radical (unpaired) electrons. The predicted molar refractivity (Wildman–Crippen MR) is 87.9 cm³/mol. The lowest BCUT2D eigenvalue weighted by atomic mass is 10.2. The van der Waals surface area contributed by atoms with Crippen molar-refractivity contribution in [2.45, 2.75) is 26.4 Å². The molecule has 1 amide bonds. The lowest BCUT2D eigenvalue weighted by molar-refractivity contribution is -0.384. The van der Waals surface area contributed by atoms with Crippen molar-refractivity contribution in [3.05, 3.63) is 64.2 Å². The molecule has 0 aliphatic carbocycles. The average Bonchev–Trinajstić information content (AvgIpc) is 2.55. The Bertz CT molecular complexity index is 681. The van der Waals surface area contributed by atoms with Crippen LogP contribution in [0.4, 0.5) is 11.4 Å². The number of amides is 1. The summed E-state index contributed by atoms with van der Waals surface area (Å²) in [5.41, 5.74) is 0.968. The summed E-state index contributed by atoms with van der Waals surface area (Å²) in [5.74, 6) is 0.431. The molecule has 0 heterocycles. The number of nitrogens with zero attached hydrogens (tertiary/aromatic N) is 1. The van der Waals surface area contributed by atoms with Crippen molar-refractivity contribution >= 4 is 17.3 Å². The Labute approximate surface area is 134 Å². The molecule has 2 aromatic carbocycles. The van der Waals surface area contributed by atoms with Gasteiger partial charge in [0.15, 0.2) is 0 Å². The minimum atomic E-state index is -0.485. The smallest absolute Gasteiger partial charge is 0.269 e. The molecule has 0 fully saturated rings. The van der Waals surface area contributed by atoms with Gasteiger partial charge in [-0.1, -0.05) is 6.92 Å². The van der Waals surface area contributed by atoms with Crippen LogP contribution in [0.15, 0.2) is 48.5 Å². The highest BCUT2D eigenvalue weighted by atomic mass is 16.6. The summed E-state index contributed by atoms with van der Waals surface area (Å²) in [6, 6.07) is 12.5. The van der Waals surface area contributed by atoms with E-state index in [0.29, 0.717) is 17.0 Å². The van der Waals surface area contributed by atoms with E-state index in [-0.39, 0.29) is 17.7 Å². The number of rotatable bonds is 6. The highest BCUT2D eigenvalue weighted by Gasteiger charge is 2.09. The Kier molecular flexibility index (Phi) is 5.30. The topological polar surface area (TPSA) is 81.5 Å². The molecule has 1 N–H and O–H groups in total. The SMILES string of the molecule is CC[C@H](C)Oc1ccc(C(=O)Nc2ccc([N+](=O)[O-])cc2)cc1. The fourth-order valence-corrected chi connectivity index (χ4v) is 1.87. The molecule has 0 unspecified atom stereocenters. The molecule has 2 rings (SSSR count). The number of carbonyl (C=O) groups is 1. The summed E-state index contributed by atoms with van der Waals surface area (Å²) in [6.45, 7) is 4.02. The molecule has 1 atom stereocenters. The molecule has 0 aliphatic heterocycles. The number of nitro benzene ring substituents is 1. The third-order valence-electron chi connectivity index (χ3n) is 3.36. The van der Waals surface area contributed by atoms with Gasteiger partial charge in [0.1, 0.15) is 5.75 Å². The molecule has 0 bridgehead atoms. The third kappa shape index (κ3) is 4.54. The van der Waals surface area contributed by atoms with Crippen LogP contribution in [-0.4, -0.2) is 16.9 Å². The van der Waals surface area contributed by atoms with Crippen molar-refractivity contribution in [1.82, 2.24) is 0 Å². The van der Waals surface area contributed by atoms with E-state index in [1.54, 1.807) is 24.3 Å². The Hall–Kier alpha value is -2.89. The van der Waals surface area contributed by atoms with Crippen molar-refractivity contribution in [3.63, 3.8) is 0 Å². The highest BCUT2D eigenvalue weighted by molar-refractivity contribution is 6.04. The second-order valence-corrected chi connectivity index (χ2v) is 5.12. The van der Waals surface area contributed by atoms with Crippen LogP contribution in [0, 0.1) is 10.1 Å². The van der Waals surface area contributed by atoms with E-state index < -0.39 is 4.92 Å². The zero-order valence-corrected chi connectivity index (χ0v) is 13.0. The Morgan fingerprint density at radius 1 is 1.17 bits per heavy atom. The summed E-state index contributed by atoms with van der Waals surface area (Å²) in [7, 11) is 0. The van der Waals surface area contributed by atoms with Crippen LogP contribution in [0.25, 0.3) is 0 Å². The number of hydrogen-bond donors (Lipinski definition) is 1. The third-order valence-corrected chi connectivity index (χ3v) is 3.36. The lowest BCUT2D eigenvalue weighted by Crippen LogP contribution is -2.12. The van der Waals surface area contributed by atoms with Gasteiger partial charge in [0.25, 0.3) is 11.6 Å². The summed E-state index contributed by atoms with van der Waals surface area (Å²) in [6.07, 6.45) is 1.03. The van der Waals surface area contributed by atoms with Gasteiger partial charge in [-0.05, 0) is 49.7 Å². The van der Waals surface area contributed by atoms with Crippen molar-refractivity contribution in [3.8, 4) is 5.75 Å². The molecule has 6 nitrogen and oxygen atoms in total. The molecule has 0 saturated heterocycles. The number of hydrogen-bond acceptors (Lipinski definition) is 4. The van der Waals surface area contributed by atoms with Gasteiger partial charge in [0, 0.05) is 23.4 Å². The van der Waals surface area contributed by atoms with Gasteiger partial charge in [-0.25, -0.2) is 0 Å². The van der Waals surface area contributed by atoms with E-state index in [1.165, 1.54) is 24.3 Å². The molecule has 2 aromatic rings.